The zero-order chi connectivity index (χ0) is 14.4. The minimum Gasteiger partial charge on any atom is -0.418 e. The number of fused-ring (bicyclic) bond motifs is 2. The fourth-order valence-electron chi connectivity index (χ4n) is 2.96. The van der Waals surface area contributed by atoms with Crippen molar-refractivity contribution in [3.8, 4) is 5.75 Å². The number of para-hydroxylation sites is 1. The average molecular weight is 281 g/mol. The maximum atomic E-state index is 12.4. The second-order valence-electron chi connectivity index (χ2n) is 5.32. The van der Waals surface area contributed by atoms with Crippen molar-refractivity contribution in [2.24, 2.45) is 7.05 Å². The first-order valence-corrected chi connectivity index (χ1v) is 7.05. The Kier molecular flexibility index (Phi) is 2.60. The van der Waals surface area contributed by atoms with Crippen molar-refractivity contribution in [2.45, 2.75) is 19.4 Å². The van der Waals surface area contributed by atoms with E-state index in [1.54, 1.807) is 6.20 Å². The van der Waals surface area contributed by atoms with E-state index in [0.717, 1.165) is 36.0 Å². The largest absolute Gasteiger partial charge is 0.418 e. The molecule has 5 heteroatoms. The lowest BCUT2D eigenvalue weighted by Gasteiger charge is -2.05. The first-order valence-electron chi connectivity index (χ1n) is 7.05. The van der Waals surface area contributed by atoms with Gasteiger partial charge in [0.15, 0.2) is 5.75 Å². The van der Waals surface area contributed by atoms with Crippen LogP contribution in [0.1, 0.15) is 22.6 Å². The minimum absolute atomic E-state index is 0.337. The SMILES string of the molecule is Cn1c(C(=O)Oc2cnn3c2CCC3)cc2ccccc21. The highest BCUT2D eigenvalue weighted by atomic mass is 16.5. The molecule has 0 bridgehead atoms. The number of rotatable bonds is 2. The quantitative estimate of drug-likeness (QED) is 0.678. The van der Waals surface area contributed by atoms with E-state index in [1.807, 2.05) is 46.6 Å². The van der Waals surface area contributed by atoms with E-state index >= 15 is 0 Å². The number of ether oxygens (including phenoxy) is 1. The summed E-state index contributed by atoms with van der Waals surface area (Å²) in [4.78, 5) is 12.4. The first-order chi connectivity index (χ1) is 10.2. The Labute approximate surface area is 121 Å². The van der Waals surface area contributed by atoms with Crippen LogP contribution in [0.4, 0.5) is 0 Å². The van der Waals surface area contributed by atoms with Gasteiger partial charge in [0.25, 0.3) is 0 Å². The number of carbonyl (C=O) groups is 1. The van der Waals surface area contributed by atoms with Gasteiger partial charge in [-0.3, -0.25) is 4.68 Å². The summed E-state index contributed by atoms with van der Waals surface area (Å²) in [7, 11) is 1.88. The van der Waals surface area contributed by atoms with Crippen molar-refractivity contribution in [3.05, 3.63) is 47.9 Å². The lowest BCUT2D eigenvalue weighted by atomic mass is 10.2. The molecule has 1 aliphatic rings. The Bertz CT molecular complexity index is 844. The Balaban J connectivity index is 1.68. The summed E-state index contributed by atoms with van der Waals surface area (Å²) in [6.45, 7) is 0.904. The van der Waals surface area contributed by atoms with Crippen molar-refractivity contribution in [1.82, 2.24) is 14.3 Å². The molecular formula is C16H15N3O2. The third-order valence-corrected chi connectivity index (χ3v) is 4.06. The second kappa shape index (κ2) is 4.48. The number of hydrogen-bond donors (Lipinski definition) is 0. The number of hydrogen-bond acceptors (Lipinski definition) is 3. The van der Waals surface area contributed by atoms with Gasteiger partial charge in [-0.2, -0.15) is 5.10 Å². The van der Waals surface area contributed by atoms with Crippen LogP contribution in [0.3, 0.4) is 0 Å². The summed E-state index contributed by atoms with van der Waals surface area (Å²) in [5.41, 5.74) is 2.58. The van der Waals surface area contributed by atoms with E-state index in [2.05, 4.69) is 5.10 Å². The van der Waals surface area contributed by atoms with Gasteiger partial charge in [0.1, 0.15) is 5.69 Å². The predicted molar refractivity (Wildman–Crippen MR) is 78.4 cm³/mol. The molecule has 0 unspecified atom stereocenters. The van der Waals surface area contributed by atoms with Gasteiger partial charge >= 0.3 is 5.97 Å². The van der Waals surface area contributed by atoms with Gasteiger partial charge in [0.2, 0.25) is 0 Å². The Morgan fingerprint density at radius 3 is 3.05 bits per heavy atom. The Hall–Kier alpha value is -2.56. The van der Waals surface area contributed by atoms with E-state index in [9.17, 15) is 4.79 Å². The number of aromatic nitrogens is 3. The minimum atomic E-state index is -0.337. The summed E-state index contributed by atoms with van der Waals surface area (Å²) in [6, 6.07) is 9.76. The van der Waals surface area contributed by atoms with Crippen molar-refractivity contribution in [2.75, 3.05) is 0 Å². The standard InChI is InChI=1S/C16H15N3O2/c1-18-12-6-3-2-5-11(12)9-14(18)16(20)21-15-10-17-19-8-4-7-13(15)19/h2-3,5-6,9-10H,4,7-8H2,1H3. The van der Waals surface area contributed by atoms with Crippen molar-refractivity contribution in [1.29, 1.82) is 0 Å². The van der Waals surface area contributed by atoms with Crippen molar-refractivity contribution >= 4 is 16.9 Å². The molecule has 3 heterocycles. The van der Waals surface area contributed by atoms with Crippen molar-refractivity contribution < 1.29 is 9.53 Å². The van der Waals surface area contributed by atoms with Crippen LogP contribution in [-0.4, -0.2) is 20.3 Å². The fraction of sp³-hybridized carbons (Fsp3) is 0.250. The molecule has 106 valence electrons. The zero-order valence-corrected chi connectivity index (χ0v) is 11.7. The van der Waals surface area contributed by atoms with E-state index < -0.39 is 0 Å². The molecule has 0 aliphatic carbocycles. The van der Waals surface area contributed by atoms with E-state index in [1.165, 1.54) is 0 Å². The Morgan fingerprint density at radius 2 is 2.19 bits per heavy atom. The number of esters is 1. The number of nitrogens with zero attached hydrogens (tertiary/aromatic N) is 3. The van der Waals surface area contributed by atoms with Crippen LogP contribution in [0.2, 0.25) is 0 Å². The van der Waals surface area contributed by atoms with Crippen LogP contribution < -0.4 is 4.74 Å². The normalized spacial score (nSPS) is 13.6. The van der Waals surface area contributed by atoms with Crippen LogP contribution in [0.5, 0.6) is 5.75 Å². The number of aryl methyl sites for hydroxylation is 2. The van der Waals surface area contributed by atoms with Gasteiger partial charge < -0.3 is 9.30 Å². The summed E-state index contributed by atoms with van der Waals surface area (Å²) in [5.74, 6) is 0.249. The summed E-state index contributed by atoms with van der Waals surface area (Å²) < 4.78 is 9.32. The number of carbonyl (C=O) groups excluding carboxylic acids is 1. The predicted octanol–water partition coefficient (Wildman–Crippen LogP) is 2.54. The monoisotopic (exact) mass is 281 g/mol. The van der Waals surface area contributed by atoms with E-state index in [0.29, 0.717) is 11.4 Å². The van der Waals surface area contributed by atoms with Gasteiger partial charge in [0.05, 0.1) is 11.9 Å². The van der Waals surface area contributed by atoms with E-state index in [4.69, 9.17) is 4.74 Å². The van der Waals surface area contributed by atoms with Crippen LogP contribution in [-0.2, 0) is 20.0 Å². The summed E-state index contributed by atoms with van der Waals surface area (Å²) in [6.07, 6.45) is 3.61. The second-order valence-corrected chi connectivity index (χ2v) is 5.32. The van der Waals surface area contributed by atoms with Gasteiger partial charge in [-0.25, -0.2) is 4.79 Å². The van der Waals surface area contributed by atoms with Gasteiger partial charge in [0, 0.05) is 24.5 Å². The topological polar surface area (TPSA) is 49.1 Å². The molecule has 3 aromatic rings. The fourth-order valence-corrected chi connectivity index (χ4v) is 2.96. The lowest BCUT2D eigenvalue weighted by molar-refractivity contribution is 0.0723. The zero-order valence-electron chi connectivity index (χ0n) is 11.7. The van der Waals surface area contributed by atoms with Crippen LogP contribution in [0.25, 0.3) is 10.9 Å². The highest BCUT2D eigenvalue weighted by Gasteiger charge is 2.21. The highest BCUT2D eigenvalue weighted by molar-refractivity contribution is 5.96. The summed E-state index contributed by atoms with van der Waals surface area (Å²) in [5, 5.41) is 5.28. The molecule has 0 saturated heterocycles. The van der Waals surface area contributed by atoms with Gasteiger partial charge in [-0.1, -0.05) is 18.2 Å². The smallest absolute Gasteiger partial charge is 0.360 e. The average Bonchev–Trinajstić information content (AvgIpc) is 3.16. The van der Waals surface area contributed by atoms with Gasteiger partial charge in [-0.05, 0) is 25.0 Å². The highest BCUT2D eigenvalue weighted by Crippen LogP contribution is 2.26. The molecule has 1 aromatic carbocycles. The lowest BCUT2D eigenvalue weighted by Crippen LogP contribution is -2.13. The number of benzene rings is 1. The molecule has 1 aliphatic heterocycles. The molecule has 0 amide bonds. The molecule has 0 saturated carbocycles. The maximum Gasteiger partial charge on any atom is 0.360 e. The van der Waals surface area contributed by atoms with Crippen LogP contribution in [0, 0.1) is 0 Å². The molecule has 0 N–H and O–H groups in total. The van der Waals surface area contributed by atoms with Crippen molar-refractivity contribution in [3.63, 3.8) is 0 Å². The Morgan fingerprint density at radius 1 is 1.33 bits per heavy atom. The molecular weight excluding hydrogens is 266 g/mol. The molecule has 21 heavy (non-hydrogen) atoms. The third-order valence-electron chi connectivity index (χ3n) is 4.06. The molecule has 0 spiro atoms. The van der Waals surface area contributed by atoms with Gasteiger partial charge in [-0.15, -0.1) is 0 Å². The molecule has 2 aromatic heterocycles. The first kappa shape index (κ1) is 12.2. The molecule has 5 nitrogen and oxygen atoms in total. The van der Waals surface area contributed by atoms with Crippen LogP contribution in [0.15, 0.2) is 36.5 Å². The third kappa shape index (κ3) is 1.85. The van der Waals surface area contributed by atoms with E-state index in [-0.39, 0.29) is 5.97 Å². The summed E-state index contributed by atoms with van der Waals surface area (Å²) >= 11 is 0. The molecule has 0 atom stereocenters. The maximum absolute atomic E-state index is 12.4. The van der Waals surface area contributed by atoms with Crippen LogP contribution >= 0.6 is 0 Å². The molecule has 4 rings (SSSR count). The molecule has 0 radical (unpaired) electrons. The molecule has 0 fully saturated rings.